The molecule has 0 amide bonds. The molecule has 0 fully saturated rings. The van der Waals surface area contributed by atoms with Crippen LogP contribution in [0.1, 0.15) is 32.6 Å². The molecule has 134 valence electrons. The highest BCUT2D eigenvalue weighted by Gasteiger charge is 2.43. The summed E-state index contributed by atoms with van der Waals surface area (Å²) in [6.07, 6.45) is 1.31. The van der Waals surface area contributed by atoms with Crippen molar-refractivity contribution in [1.82, 2.24) is 9.80 Å². The predicted octanol–water partition coefficient (Wildman–Crippen LogP) is 2.05. The van der Waals surface area contributed by atoms with Crippen molar-refractivity contribution in [3.05, 3.63) is 12.4 Å². The second-order valence-corrected chi connectivity index (χ2v) is 6.95. The number of hydrogen-bond acceptors (Lipinski definition) is 6. The van der Waals surface area contributed by atoms with Crippen molar-refractivity contribution in [2.75, 3.05) is 25.5 Å². The van der Waals surface area contributed by atoms with Crippen LogP contribution in [-0.4, -0.2) is 55.9 Å². The summed E-state index contributed by atoms with van der Waals surface area (Å²) in [5.41, 5.74) is 0. The van der Waals surface area contributed by atoms with E-state index in [1.165, 1.54) is 0 Å². The molecule has 0 N–H and O–H groups in total. The monoisotopic (exact) mass is 358 g/mol. The van der Waals surface area contributed by atoms with Crippen LogP contribution in [0.15, 0.2) is 12.4 Å². The first-order chi connectivity index (χ1) is 10.6. The van der Waals surface area contributed by atoms with Crippen LogP contribution in [0.2, 0.25) is 0 Å². The van der Waals surface area contributed by atoms with Crippen molar-refractivity contribution >= 4 is 16.1 Å². The third kappa shape index (κ3) is 7.58. The predicted molar refractivity (Wildman–Crippen MR) is 77.5 cm³/mol. The Balaban J connectivity index is 2.22. The van der Waals surface area contributed by atoms with Gasteiger partial charge in [0.1, 0.15) is 0 Å². The average molecular weight is 358 g/mol. The lowest BCUT2D eigenvalue weighted by Gasteiger charge is -2.21. The van der Waals surface area contributed by atoms with E-state index in [4.69, 9.17) is 0 Å². The van der Waals surface area contributed by atoms with Gasteiger partial charge in [0.15, 0.2) is 0 Å². The summed E-state index contributed by atoms with van der Waals surface area (Å²) < 4.78 is 61.9. The van der Waals surface area contributed by atoms with E-state index in [1.807, 2.05) is 17.3 Å². The molecule has 0 aromatic heterocycles. The molecular formula is C13H21F3N2O4S. The molecule has 0 spiro atoms. The lowest BCUT2D eigenvalue weighted by atomic mass is 10.3. The standard InChI is InChI=1S/C13H21F3N2O4S/c1-2-3-6-17-8-9-18(11-17)7-4-5-10-23(20,21)22-12(19)13(14,15)16/h8-9H,2-7,10-11H2,1H3. The Kier molecular flexibility index (Phi) is 7.17. The molecule has 0 aromatic carbocycles. The average Bonchev–Trinajstić information content (AvgIpc) is 2.87. The lowest BCUT2D eigenvalue weighted by molar-refractivity contribution is -0.189. The maximum absolute atomic E-state index is 11.9. The number of unbranched alkanes of at least 4 members (excludes halogenated alkanes) is 2. The van der Waals surface area contributed by atoms with Crippen LogP contribution in [0.3, 0.4) is 0 Å². The summed E-state index contributed by atoms with van der Waals surface area (Å²) in [5.74, 6) is -3.32. The molecule has 0 saturated carbocycles. The third-order valence-electron chi connectivity index (χ3n) is 3.17. The summed E-state index contributed by atoms with van der Waals surface area (Å²) in [6.45, 7) is 4.35. The van der Waals surface area contributed by atoms with Gasteiger partial charge in [0.05, 0.1) is 12.4 Å². The quantitative estimate of drug-likeness (QED) is 0.464. The minimum atomic E-state index is -5.31. The van der Waals surface area contributed by atoms with E-state index >= 15 is 0 Å². The smallest absolute Gasteiger partial charge is 0.359 e. The molecule has 0 radical (unpaired) electrons. The van der Waals surface area contributed by atoms with Gasteiger partial charge < -0.3 is 14.0 Å². The van der Waals surface area contributed by atoms with E-state index in [0.29, 0.717) is 13.0 Å². The zero-order valence-electron chi connectivity index (χ0n) is 12.9. The van der Waals surface area contributed by atoms with Gasteiger partial charge in [-0.1, -0.05) is 13.3 Å². The maximum atomic E-state index is 11.9. The molecule has 0 saturated heterocycles. The van der Waals surface area contributed by atoms with Crippen molar-refractivity contribution in [2.24, 2.45) is 0 Å². The fraction of sp³-hybridized carbons (Fsp3) is 0.769. The second-order valence-electron chi connectivity index (χ2n) is 5.26. The highest BCUT2D eigenvalue weighted by Crippen LogP contribution is 2.18. The molecule has 0 aromatic rings. The van der Waals surface area contributed by atoms with Crippen molar-refractivity contribution in [3.8, 4) is 0 Å². The van der Waals surface area contributed by atoms with E-state index in [0.717, 1.165) is 26.1 Å². The van der Waals surface area contributed by atoms with Crippen LogP contribution in [0.25, 0.3) is 0 Å². The Labute approximate surface area is 134 Å². The Hall–Kier alpha value is -1.45. The minimum Gasteiger partial charge on any atom is -0.359 e. The van der Waals surface area contributed by atoms with E-state index < -0.39 is 28.0 Å². The number of alkyl halides is 3. The molecule has 6 nitrogen and oxygen atoms in total. The van der Waals surface area contributed by atoms with Crippen LogP contribution in [-0.2, 0) is 19.1 Å². The lowest BCUT2D eigenvalue weighted by Crippen LogP contribution is -2.29. The van der Waals surface area contributed by atoms with Gasteiger partial charge in [0, 0.05) is 25.5 Å². The number of nitrogens with zero attached hydrogens (tertiary/aromatic N) is 2. The first kappa shape index (κ1) is 19.6. The number of carbonyl (C=O) groups is 1. The zero-order chi connectivity index (χ0) is 17.5. The fourth-order valence-electron chi connectivity index (χ4n) is 1.97. The number of carbonyl (C=O) groups excluding carboxylic acids is 1. The first-order valence-corrected chi connectivity index (χ1v) is 8.91. The molecule has 0 atom stereocenters. The van der Waals surface area contributed by atoms with Crippen LogP contribution in [0, 0.1) is 0 Å². The number of hydrogen-bond donors (Lipinski definition) is 0. The van der Waals surface area contributed by atoms with Gasteiger partial charge in [0.25, 0.3) is 0 Å². The Morgan fingerprint density at radius 2 is 1.70 bits per heavy atom. The summed E-state index contributed by atoms with van der Waals surface area (Å²) in [7, 11) is -4.50. The molecule has 1 aliphatic rings. The van der Waals surface area contributed by atoms with Crippen molar-refractivity contribution in [2.45, 2.75) is 38.8 Å². The largest absolute Gasteiger partial charge is 0.492 e. The molecule has 1 heterocycles. The first-order valence-electron chi connectivity index (χ1n) is 7.34. The van der Waals surface area contributed by atoms with Gasteiger partial charge in [-0.25, -0.2) is 4.79 Å². The summed E-state index contributed by atoms with van der Waals surface area (Å²) in [5, 5.41) is 0. The Morgan fingerprint density at radius 3 is 2.22 bits per heavy atom. The Morgan fingerprint density at radius 1 is 1.13 bits per heavy atom. The SMILES string of the molecule is CCCCN1C=CN(CCCCS(=O)(=O)OC(=O)C(F)(F)F)C1. The van der Waals surface area contributed by atoms with Gasteiger partial charge >= 0.3 is 22.3 Å². The van der Waals surface area contributed by atoms with Crippen LogP contribution in [0.4, 0.5) is 13.2 Å². The van der Waals surface area contributed by atoms with Crippen molar-refractivity contribution < 1.29 is 30.6 Å². The van der Waals surface area contributed by atoms with Crippen molar-refractivity contribution in [1.29, 1.82) is 0 Å². The van der Waals surface area contributed by atoms with Crippen molar-refractivity contribution in [3.63, 3.8) is 0 Å². The maximum Gasteiger partial charge on any atom is 0.492 e. The summed E-state index contributed by atoms with van der Waals surface area (Å²) in [4.78, 5) is 14.6. The van der Waals surface area contributed by atoms with Crippen LogP contribution in [0.5, 0.6) is 0 Å². The fourth-order valence-corrected chi connectivity index (χ4v) is 2.93. The molecule has 1 aliphatic heterocycles. The highest BCUT2D eigenvalue weighted by molar-refractivity contribution is 7.87. The zero-order valence-corrected chi connectivity index (χ0v) is 13.7. The summed E-state index contributed by atoms with van der Waals surface area (Å²) >= 11 is 0. The molecule has 1 rings (SSSR count). The molecule has 0 bridgehead atoms. The van der Waals surface area contributed by atoms with E-state index in [2.05, 4.69) is 16.0 Å². The molecule has 23 heavy (non-hydrogen) atoms. The molecule has 10 heteroatoms. The van der Waals surface area contributed by atoms with Gasteiger partial charge in [-0.3, -0.25) is 0 Å². The van der Waals surface area contributed by atoms with Gasteiger partial charge in [-0.05, 0) is 19.3 Å². The van der Waals surface area contributed by atoms with Gasteiger partial charge in [0.2, 0.25) is 0 Å². The summed E-state index contributed by atoms with van der Waals surface area (Å²) in [6, 6.07) is 0. The molecular weight excluding hydrogens is 337 g/mol. The second kappa shape index (κ2) is 8.42. The van der Waals surface area contributed by atoms with Crippen LogP contribution >= 0.6 is 0 Å². The number of rotatable bonds is 9. The molecule has 0 unspecified atom stereocenters. The third-order valence-corrected chi connectivity index (χ3v) is 4.37. The topological polar surface area (TPSA) is 66.9 Å². The van der Waals surface area contributed by atoms with Gasteiger partial charge in [-0.2, -0.15) is 21.6 Å². The number of halogens is 3. The minimum absolute atomic E-state index is 0.118. The highest BCUT2D eigenvalue weighted by atomic mass is 32.2. The van der Waals surface area contributed by atoms with Gasteiger partial charge in [-0.15, -0.1) is 0 Å². The Bertz CT molecular complexity index is 520. The van der Waals surface area contributed by atoms with E-state index in [-0.39, 0.29) is 6.42 Å². The van der Waals surface area contributed by atoms with Crippen LogP contribution < -0.4 is 0 Å². The molecule has 0 aliphatic carbocycles. The van der Waals surface area contributed by atoms with E-state index in [1.54, 1.807) is 0 Å². The normalized spacial score (nSPS) is 15.3. The van der Waals surface area contributed by atoms with E-state index in [9.17, 15) is 26.4 Å².